The number of aliphatic carboxylic acids is 1. The van der Waals surface area contributed by atoms with Crippen molar-refractivity contribution in [3.05, 3.63) is 12.3 Å². The number of nitrogens with one attached hydrogen (secondary N) is 1. The second kappa shape index (κ2) is 5.65. The van der Waals surface area contributed by atoms with Gasteiger partial charge >= 0.3 is 5.97 Å². The molecule has 0 bridgehead atoms. The number of carbonyl (C=O) groups is 1. The van der Waals surface area contributed by atoms with E-state index in [2.05, 4.69) is 5.32 Å². The van der Waals surface area contributed by atoms with E-state index in [1.54, 1.807) is 0 Å². The van der Waals surface area contributed by atoms with Crippen LogP contribution < -0.4 is 5.32 Å². The van der Waals surface area contributed by atoms with Crippen molar-refractivity contribution in [3.8, 4) is 0 Å². The van der Waals surface area contributed by atoms with Crippen molar-refractivity contribution >= 4 is 5.97 Å². The van der Waals surface area contributed by atoms with Gasteiger partial charge in [0.1, 0.15) is 0 Å². The topological polar surface area (TPSA) is 69.6 Å². The molecule has 0 heterocycles. The highest BCUT2D eigenvalue weighted by Gasteiger charge is 2.19. The van der Waals surface area contributed by atoms with Gasteiger partial charge in [-0.05, 0) is 25.2 Å². The number of aliphatic hydroxyl groups excluding tert-OH is 1. The van der Waals surface area contributed by atoms with E-state index in [1.165, 1.54) is 6.20 Å². The van der Waals surface area contributed by atoms with E-state index in [9.17, 15) is 9.90 Å². The number of hydrogen-bond donors (Lipinski definition) is 3. The lowest BCUT2D eigenvalue weighted by Crippen LogP contribution is -2.26. The molecular formula is C10H17NO3. The van der Waals surface area contributed by atoms with E-state index < -0.39 is 5.97 Å². The molecule has 2 atom stereocenters. The molecule has 0 spiro atoms. The number of carboxylic acids is 1. The maximum Gasteiger partial charge on any atom is 0.329 e. The van der Waals surface area contributed by atoms with Crippen LogP contribution in [0.1, 0.15) is 25.7 Å². The summed E-state index contributed by atoms with van der Waals surface area (Å²) in [4.78, 5) is 10.1. The standard InChI is InChI=1S/C10H17NO3/c12-9-3-1-2-8(6-9)7-11-5-4-10(13)14/h4-5,8-9,11-12H,1-3,6-7H2,(H,13,14)/b5-4+. The van der Waals surface area contributed by atoms with Crippen LogP contribution in [0.5, 0.6) is 0 Å². The van der Waals surface area contributed by atoms with Gasteiger partial charge in [-0.2, -0.15) is 0 Å². The largest absolute Gasteiger partial charge is 0.478 e. The summed E-state index contributed by atoms with van der Waals surface area (Å²) in [5.74, 6) is -0.474. The first kappa shape index (κ1) is 11.0. The second-order valence-electron chi connectivity index (χ2n) is 3.77. The van der Waals surface area contributed by atoms with E-state index in [4.69, 9.17) is 5.11 Å². The van der Waals surface area contributed by atoms with Crippen molar-refractivity contribution in [2.24, 2.45) is 5.92 Å². The van der Waals surface area contributed by atoms with Crippen molar-refractivity contribution in [2.45, 2.75) is 31.8 Å². The molecule has 0 aromatic heterocycles. The van der Waals surface area contributed by atoms with Crippen molar-refractivity contribution < 1.29 is 15.0 Å². The van der Waals surface area contributed by atoms with Gasteiger partial charge in [-0.3, -0.25) is 0 Å². The molecular weight excluding hydrogens is 182 g/mol. The Morgan fingerprint density at radius 2 is 2.29 bits per heavy atom. The summed E-state index contributed by atoms with van der Waals surface area (Å²) < 4.78 is 0. The molecule has 1 aliphatic carbocycles. The van der Waals surface area contributed by atoms with Gasteiger partial charge in [0.2, 0.25) is 0 Å². The lowest BCUT2D eigenvalue weighted by Gasteiger charge is -2.25. The third kappa shape index (κ3) is 4.28. The molecule has 14 heavy (non-hydrogen) atoms. The fraction of sp³-hybridized carbons (Fsp3) is 0.700. The molecule has 0 amide bonds. The minimum absolute atomic E-state index is 0.168. The molecule has 80 valence electrons. The number of hydrogen-bond acceptors (Lipinski definition) is 3. The van der Waals surface area contributed by atoms with E-state index in [0.717, 1.165) is 38.3 Å². The predicted molar refractivity (Wildman–Crippen MR) is 52.7 cm³/mol. The van der Waals surface area contributed by atoms with Crippen molar-refractivity contribution in [1.29, 1.82) is 0 Å². The zero-order valence-corrected chi connectivity index (χ0v) is 8.15. The molecule has 0 aromatic carbocycles. The maximum atomic E-state index is 10.1. The fourth-order valence-corrected chi connectivity index (χ4v) is 1.81. The molecule has 4 nitrogen and oxygen atoms in total. The average molecular weight is 199 g/mol. The number of aliphatic hydroxyl groups is 1. The van der Waals surface area contributed by atoms with Crippen LogP contribution in [-0.2, 0) is 4.79 Å². The first-order valence-electron chi connectivity index (χ1n) is 4.99. The number of rotatable bonds is 4. The van der Waals surface area contributed by atoms with Gasteiger partial charge in [-0.25, -0.2) is 4.79 Å². The Bertz CT molecular complexity index is 215. The van der Waals surface area contributed by atoms with E-state index in [-0.39, 0.29) is 6.10 Å². The lowest BCUT2D eigenvalue weighted by molar-refractivity contribution is -0.131. The Balaban J connectivity index is 2.14. The summed E-state index contributed by atoms with van der Waals surface area (Å²) in [5.41, 5.74) is 0. The summed E-state index contributed by atoms with van der Waals surface area (Å²) in [5, 5.41) is 20.6. The minimum atomic E-state index is -0.943. The minimum Gasteiger partial charge on any atom is -0.478 e. The normalized spacial score (nSPS) is 27.8. The first-order valence-corrected chi connectivity index (χ1v) is 4.99. The second-order valence-corrected chi connectivity index (χ2v) is 3.77. The van der Waals surface area contributed by atoms with E-state index >= 15 is 0 Å². The highest BCUT2D eigenvalue weighted by Crippen LogP contribution is 2.23. The summed E-state index contributed by atoms with van der Waals surface area (Å²) >= 11 is 0. The van der Waals surface area contributed by atoms with Crippen LogP contribution >= 0.6 is 0 Å². The molecule has 4 heteroatoms. The zero-order chi connectivity index (χ0) is 10.4. The number of carboxylic acid groups (broad SMARTS) is 1. The highest BCUT2D eigenvalue weighted by molar-refractivity contribution is 5.79. The van der Waals surface area contributed by atoms with E-state index in [0.29, 0.717) is 5.92 Å². The Kier molecular flexibility index (Phi) is 4.46. The van der Waals surface area contributed by atoms with Crippen molar-refractivity contribution in [3.63, 3.8) is 0 Å². The monoisotopic (exact) mass is 199 g/mol. The van der Waals surface area contributed by atoms with Gasteiger partial charge in [0.25, 0.3) is 0 Å². The smallest absolute Gasteiger partial charge is 0.329 e. The van der Waals surface area contributed by atoms with Gasteiger partial charge in [-0.1, -0.05) is 6.42 Å². The molecule has 1 aliphatic rings. The van der Waals surface area contributed by atoms with Gasteiger partial charge in [0.05, 0.1) is 6.10 Å². The highest BCUT2D eigenvalue weighted by atomic mass is 16.4. The van der Waals surface area contributed by atoms with Gasteiger partial charge in [0, 0.05) is 18.8 Å². The molecule has 0 saturated heterocycles. The van der Waals surface area contributed by atoms with Crippen LogP contribution in [0.3, 0.4) is 0 Å². The molecule has 0 radical (unpaired) electrons. The molecule has 1 fully saturated rings. The maximum absolute atomic E-state index is 10.1. The van der Waals surface area contributed by atoms with Gasteiger partial charge < -0.3 is 15.5 Å². The van der Waals surface area contributed by atoms with Gasteiger partial charge in [-0.15, -0.1) is 0 Å². The molecule has 1 rings (SSSR count). The third-order valence-electron chi connectivity index (χ3n) is 2.51. The third-order valence-corrected chi connectivity index (χ3v) is 2.51. The lowest BCUT2D eigenvalue weighted by atomic mass is 9.87. The quantitative estimate of drug-likeness (QED) is 0.584. The Labute approximate surface area is 83.6 Å². The van der Waals surface area contributed by atoms with Crippen LogP contribution in [0, 0.1) is 5.92 Å². The van der Waals surface area contributed by atoms with Crippen LogP contribution in [0.2, 0.25) is 0 Å². The molecule has 0 aromatic rings. The van der Waals surface area contributed by atoms with Crippen LogP contribution in [0.4, 0.5) is 0 Å². The molecule has 2 unspecified atom stereocenters. The fourth-order valence-electron chi connectivity index (χ4n) is 1.81. The molecule has 1 saturated carbocycles. The summed E-state index contributed by atoms with van der Waals surface area (Å²) in [6.07, 6.45) is 6.28. The Morgan fingerprint density at radius 1 is 1.50 bits per heavy atom. The Hall–Kier alpha value is -1.03. The van der Waals surface area contributed by atoms with Crippen LogP contribution in [0.25, 0.3) is 0 Å². The van der Waals surface area contributed by atoms with Crippen LogP contribution in [0.15, 0.2) is 12.3 Å². The van der Waals surface area contributed by atoms with Gasteiger partial charge in [0.15, 0.2) is 0 Å². The zero-order valence-electron chi connectivity index (χ0n) is 8.15. The average Bonchev–Trinajstić information content (AvgIpc) is 2.12. The van der Waals surface area contributed by atoms with Crippen molar-refractivity contribution in [2.75, 3.05) is 6.54 Å². The first-order chi connectivity index (χ1) is 6.68. The van der Waals surface area contributed by atoms with E-state index in [1.807, 2.05) is 0 Å². The summed E-state index contributed by atoms with van der Waals surface area (Å²) in [7, 11) is 0. The summed E-state index contributed by atoms with van der Waals surface area (Å²) in [6.45, 7) is 0.751. The Morgan fingerprint density at radius 3 is 2.93 bits per heavy atom. The van der Waals surface area contributed by atoms with Crippen LogP contribution in [-0.4, -0.2) is 28.8 Å². The predicted octanol–water partition coefficient (Wildman–Crippen LogP) is 0.725. The van der Waals surface area contributed by atoms with Crippen molar-refractivity contribution in [1.82, 2.24) is 5.32 Å². The SMILES string of the molecule is O=C(O)/C=C/NCC1CCCC(O)C1. The summed E-state index contributed by atoms with van der Waals surface area (Å²) in [6, 6.07) is 0. The molecule has 0 aliphatic heterocycles. The molecule has 3 N–H and O–H groups in total.